The Morgan fingerprint density at radius 1 is 1.56 bits per heavy atom. The molecule has 3 nitrogen and oxygen atoms in total. The summed E-state index contributed by atoms with van der Waals surface area (Å²) in [5, 5.41) is 2.83. The third kappa shape index (κ3) is 4.18. The maximum absolute atomic E-state index is 13.2. The number of nitrogens with one attached hydrogen (secondary N) is 1. The Morgan fingerprint density at radius 2 is 2.28 bits per heavy atom. The highest BCUT2D eigenvalue weighted by Gasteiger charge is 2.12. The zero-order valence-electron chi connectivity index (χ0n) is 10.5. The molecule has 0 aliphatic rings. The Balaban J connectivity index is 2.66. The molecule has 5 heteroatoms. The van der Waals surface area contributed by atoms with E-state index in [9.17, 15) is 9.18 Å². The quantitative estimate of drug-likeness (QED) is 0.809. The average Bonchev–Trinajstić information content (AvgIpc) is 2.36. The minimum atomic E-state index is -0.482. The van der Waals surface area contributed by atoms with Gasteiger partial charge in [-0.25, -0.2) is 4.39 Å². The van der Waals surface area contributed by atoms with Crippen molar-refractivity contribution in [3.63, 3.8) is 0 Å². The average molecular weight is 274 g/mol. The second-order valence-corrected chi connectivity index (χ2v) is 4.43. The van der Waals surface area contributed by atoms with Gasteiger partial charge in [0.1, 0.15) is 0 Å². The molecule has 0 heterocycles. The van der Waals surface area contributed by atoms with E-state index < -0.39 is 5.82 Å². The number of carbonyl (C=O) groups is 1. The maximum Gasteiger partial charge on any atom is 0.251 e. The first-order valence-electron chi connectivity index (χ1n) is 5.79. The van der Waals surface area contributed by atoms with E-state index in [1.54, 1.807) is 0 Å². The summed E-state index contributed by atoms with van der Waals surface area (Å²) in [5.74, 6) is -0.0828. The number of alkyl halides is 1. The third-order valence-electron chi connectivity index (χ3n) is 2.56. The molecule has 1 aromatic rings. The third-order valence-corrected chi connectivity index (χ3v) is 2.83. The van der Waals surface area contributed by atoms with Gasteiger partial charge in [0.25, 0.3) is 5.91 Å². The lowest BCUT2D eigenvalue weighted by Crippen LogP contribution is -2.32. The first-order chi connectivity index (χ1) is 8.58. The van der Waals surface area contributed by atoms with E-state index in [1.807, 2.05) is 6.92 Å². The Hall–Kier alpha value is -1.29. The molecule has 0 fully saturated rings. The Labute approximate surface area is 111 Å². The largest absolute Gasteiger partial charge is 0.494 e. The molecule has 1 aromatic carbocycles. The molecule has 0 aliphatic heterocycles. The van der Waals surface area contributed by atoms with Crippen LogP contribution in [0.1, 0.15) is 30.1 Å². The number of carbonyl (C=O) groups excluding carboxylic acids is 1. The van der Waals surface area contributed by atoms with Crippen LogP contribution in [0.15, 0.2) is 18.2 Å². The molecular weight excluding hydrogens is 257 g/mol. The molecule has 0 spiro atoms. The summed E-state index contributed by atoms with van der Waals surface area (Å²) in [6.07, 6.45) is 1.66. The first-order valence-corrected chi connectivity index (χ1v) is 6.32. The summed E-state index contributed by atoms with van der Waals surface area (Å²) in [7, 11) is 1.36. The van der Waals surface area contributed by atoms with Crippen LogP contribution in [0.25, 0.3) is 0 Å². The van der Waals surface area contributed by atoms with Crippen LogP contribution in [0.4, 0.5) is 4.39 Å². The van der Waals surface area contributed by atoms with Crippen molar-refractivity contribution in [2.45, 2.75) is 25.8 Å². The summed E-state index contributed by atoms with van der Waals surface area (Å²) in [4.78, 5) is 11.9. The lowest BCUT2D eigenvalue weighted by Gasteiger charge is -2.13. The van der Waals surface area contributed by atoms with E-state index in [0.29, 0.717) is 11.4 Å². The maximum atomic E-state index is 13.2. The molecule has 0 saturated heterocycles. The van der Waals surface area contributed by atoms with E-state index in [2.05, 4.69) is 5.32 Å². The highest BCUT2D eigenvalue weighted by atomic mass is 35.5. The minimum absolute atomic E-state index is 0.0345. The fourth-order valence-corrected chi connectivity index (χ4v) is 1.72. The van der Waals surface area contributed by atoms with Gasteiger partial charge in [-0.15, -0.1) is 11.6 Å². The van der Waals surface area contributed by atoms with E-state index in [0.717, 1.165) is 12.8 Å². The van der Waals surface area contributed by atoms with E-state index in [4.69, 9.17) is 16.3 Å². The number of hydrogen-bond donors (Lipinski definition) is 1. The van der Waals surface area contributed by atoms with Crippen LogP contribution in [-0.2, 0) is 0 Å². The zero-order chi connectivity index (χ0) is 13.5. The molecule has 0 bridgehead atoms. The number of halogens is 2. The fourth-order valence-electron chi connectivity index (χ4n) is 1.56. The van der Waals surface area contributed by atoms with Crippen LogP contribution in [0.5, 0.6) is 5.75 Å². The molecule has 0 aliphatic carbocycles. The number of methoxy groups -OCH3 is 1. The standard InChI is InChI=1S/C13H17ClFNO2/c1-9(4-3-7-14)16-13(17)10-5-6-11(15)12(8-10)18-2/h5-6,8-9H,3-4,7H2,1-2H3,(H,16,17). The van der Waals surface area contributed by atoms with Crippen molar-refractivity contribution in [2.24, 2.45) is 0 Å². The fraction of sp³-hybridized carbons (Fsp3) is 0.462. The molecule has 0 saturated carbocycles. The van der Waals surface area contributed by atoms with Crippen LogP contribution < -0.4 is 10.1 Å². The lowest BCUT2D eigenvalue weighted by molar-refractivity contribution is 0.0938. The van der Waals surface area contributed by atoms with Gasteiger partial charge in [0.05, 0.1) is 7.11 Å². The SMILES string of the molecule is COc1cc(C(=O)NC(C)CCCCl)ccc1F. The lowest BCUT2D eigenvalue weighted by atomic mass is 10.1. The second-order valence-electron chi connectivity index (χ2n) is 4.06. The summed E-state index contributed by atoms with van der Waals surface area (Å²) < 4.78 is 18.0. The normalized spacial score (nSPS) is 12.0. The van der Waals surface area contributed by atoms with Crippen molar-refractivity contribution in [3.8, 4) is 5.75 Å². The van der Waals surface area contributed by atoms with Gasteiger partial charge >= 0.3 is 0 Å². The van der Waals surface area contributed by atoms with Crippen molar-refractivity contribution in [1.29, 1.82) is 0 Å². The second kappa shape index (κ2) is 7.21. The zero-order valence-corrected chi connectivity index (χ0v) is 11.3. The van der Waals surface area contributed by atoms with Crippen molar-refractivity contribution in [1.82, 2.24) is 5.32 Å². The molecule has 1 rings (SSSR count). The molecule has 0 aromatic heterocycles. The monoisotopic (exact) mass is 273 g/mol. The van der Waals surface area contributed by atoms with Gasteiger partial charge in [-0.3, -0.25) is 4.79 Å². The molecule has 1 unspecified atom stereocenters. The molecule has 18 heavy (non-hydrogen) atoms. The Bertz CT molecular complexity index is 412. The molecule has 1 amide bonds. The Kier molecular flexibility index (Phi) is 5.92. The van der Waals surface area contributed by atoms with Crippen molar-refractivity contribution < 1.29 is 13.9 Å². The van der Waals surface area contributed by atoms with Gasteiger partial charge in [0.2, 0.25) is 0 Å². The summed E-state index contributed by atoms with van der Waals surface area (Å²) in [6.45, 7) is 1.91. The van der Waals surface area contributed by atoms with Gasteiger partial charge in [-0.2, -0.15) is 0 Å². The van der Waals surface area contributed by atoms with E-state index >= 15 is 0 Å². The smallest absolute Gasteiger partial charge is 0.251 e. The van der Waals surface area contributed by atoms with Gasteiger partial charge in [0.15, 0.2) is 11.6 Å². The highest BCUT2D eigenvalue weighted by molar-refractivity contribution is 6.17. The van der Waals surface area contributed by atoms with Crippen LogP contribution in [0.3, 0.4) is 0 Å². The van der Waals surface area contributed by atoms with Gasteiger partial charge in [-0.05, 0) is 38.0 Å². The first kappa shape index (κ1) is 14.8. The van der Waals surface area contributed by atoms with Crippen molar-refractivity contribution >= 4 is 17.5 Å². The van der Waals surface area contributed by atoms with E-state index in [1.165, 1.54) is 25.3 Å². The molecule has 1 N–H and O–H groups in total. The van der Waals surface area contributed by atoms with Crippen LogP contribution in [-0.4, -0.2) is 24.9 Å². The topological polar surface area (TPSA) is 38.3 Å². The summed E-state index contributed by atoms with van der Waals surface area (Å²) >= 11 is 5.59. The van der Waals surface area contributed by atoms with Crippen LogP contribution in [0, 0.1) is 5.82 Å². The number of benzene rings is 1. The number of hydrogen-bond acceptors (Lipinski definition) is 2. The van der Waals surface area contributed by atoms with E-state index in [-0.39, 0.29) is 17.7 Å². The highest BCUT2D eigenvalue weighted by Crippen LogP contribution is 2.18. The van der Waals surface area contributed by atoms with Gasteiger partial charge in [-0.1, -0.05) is 0 Å². The van der Waals surface area contributed by atoms with Gasteiger partial charge < -0.3 is 10.1 Å². The van der Waals surface area contributed by atoms with Crippen LogP contribution in [0.2, 0.25) is 0 Å². The summed E-state index contributed by atoms with van der Waals surface area (Å²) in [5.41, 5.74) is 0.381. The predicted octanol–water partition coefficient (Wildman–Crippen LogP) is 2.97. The number of amides is 1. The summed E-state index contributed by atoms with van der Waals surface area (Å²) in [6, 6.07) is 4.07. The molecule has 1 atom stereocenters. The molecular formula is C13H17ClFNO2. The number of ether oxygens (including phenoxy) is 1. The molecule has 100 valence electrons. The minimum Gasteiger partial charge on any atom is -0.494 e. The van der Waals surface area contributed by atoms with Crippen molar-refractivity contribution in [2.75, 3.05) is 13.0 Å². The van der Waals surface area contributed by atoms with Crippen LogP contribution >= 0.6 is 11.6 Å². The van der Waals surface area contributed by atoms with Gasteiger partial charge in [0, 0.05) is 17.5 Å². The molecule has 0 radical (unpaired) electrons. The number of rotatable bonds is 6. The van der Waals surface area contributed by atoms with Crippen molar-refractivity contribution in [3.05, 3.63) is 29.6 Å². The predicted molar refractivity (Wildman–Crippen MR) is 69.8 cm³/mol. The Morgan fingerprint density at radius 3 is 2.89 bits per heavy atom.